The number of carbonyl (C=O) groups excluding carboxylic acids is 1. The second-order valence-electron chi connectivity index (χ2n) is 10.4. The van der Waals surface area contributed by atoms with Gasteiger partial charge in [0.2, 0.25) is 21.7 Å². The van der Waals surface area contributed by atoms with Gasteiger partial charge in [-0.1, -0.05) is 6.92 Å². The van der Waals surface area contributed by atoms with Gasteiger partial charge in [-0.3, -0.25) is 4.79 Å². The molecule has 2 atom stereocenters. The molecule has 1 amide bonds. The number of piperidine rings is 1. The monoisotopic (exact) mass is 533 g/mol. The minimum atomic E-state index is -3.58. The first kappa shape index (κ1) is 28.6. The SMILES string of the molecule is COc1cc(C(Nc2ccc(S(=O)(=O)N3CCCC(C)C3)cc2)C(=O)NC(C)(C)C)cc(OC)c1OC. The number of hydrogen-bond acceptors (Lipinski definition) is 7. The summed E-state index contributed by atoms with van der Waals surface area (Å²) < 4.78 is 44.3. The van der Waals surface area contributed by atoms with E-state index in [2.05, 4.69) is 17.6 Å². The van der Waals surface area contributed by atoms with Crippen LogP contribution in [-0.2, 0) is 14.8 Å². The van der Waals surface area contributed by atoms with Gasteiger partial charge in [-0.2, -0.15) is 4.31 Å². The van der Waals surface area contributed by atoms with E-state index < -0.39 is 21.6 Å². The summed E-state index contributed by atoms with van der Waals surface area (Å²) in [5, 5.41) is 6.26. The number of methoxy groups -OCH3 is 3. The Kier molecular flexibility index (Phi) is 8.96. The van der Waals surface area contributed by atoms with Crippen molar-refractivity contribution in [3.05, 3.63) is 42.0 Å². The average molecular weight is 534 g/mol. The smallest absolute Gasteiger partial charge is 0.247 e. The molecular formula is C27H39N3O6S. The molecule has 1 fully saturated rings. The third-order valence-corrected chi connectivity index (χ3v) is 8.08. The summed E-state index contributed by atoms with van der Waals surface area (Å²) in [5.41, 5.74) is 0.713. The fourth-order valence-electron chi connectivity index (χ4n) is 4.41. The van der Waals surface area contributed by atoms with Crippen molar-refractivity contribution in [1.82, 2.24) is 9.62 Å². The number of benzene rings is 2. The number of amides is 1. The third kappa shape index (κ3) is 6.87. The van der Waals surface area contributed by atoms with E-state index in [-0.39, 0.29) is 10.8 Å². The molecule has 1 aliphatic heterocycles. The molecule has 2 unspecified atom stereocenters. The standard InChI is InChI=1S/C27H39N3O6S/c1-18-9-8-14-30(17-18)37(32,33)21-12-10-20(11-13-21)28-24(26(31)29-27(2,3)4)19-15-22(34-5)25(36-7)23(16-19)35-6/h10-13,15-16,18,24,28H,8-9,14,17H2,1-7H3,(H,29,31). The molecule has 0 aromatic heterocycles. The molecule has 2 aromatic rings. The average Bonchev–Trinajstić information content (AvgIpc) is 2.85. The highest BCUT2D eigenvalue weighted by Gasteiger charge is 2.30. The molecule has 1 aliphatic rings. The van der Waals surface area contributed by atoms with Gasteiger partial charge in [-0.15, -0.1) is 0 Å². The number of anilines is 1. The Morgan fingerprint density at radius 1 is 1.03 bits per heavy atom. The van der Waals surface area contributed by atoms with Crippen LogP contribution in [0.2, 0.25) is 0 Å². The number of carbonyl (C=O) groups is 1. The topological polar surface area (TPSA) is 106 Å². The zero-order chi connectivity index (χ0) is 27.4. The van der Waals surface area contributed by atoms with Crippen LogP contribution in [0.3, 0.4) is 0 Å². The van der Waals surface area contributed by atoms with Crippen molar-refractivity contribution >= 4 is 21.6 Å². The van der Waals surface area contributed by atoms with E-state index >= 15 is 0 Å². The number of ether oxygens (including phenoxy) is 3. The van der Waals surface area contributed by atoms with E-state index in [1.165, 1.54) is 21.3 Å². The lowest BCUT2D eigenvalue weighted by Gasteiger charge is -2.30. The van der Waals surface area contributed by atoms with E-state index in [1.54, 1.807) is 40.7 Å². The van der Waals surface area contributed by atoms with E-state index in [0.717, 1.165) is 12.8 Å². The summed E-state index contributed by atoms with van der Waals surface area (Å²) in [7, 11) is 0.967. The molecule has 10 heteroatoms. The third-order valence-electron chi connectivity index (χ3n) is 6.20. The molecule has 2 aromatic carbocycles. The van der Waals surface area contributed by atoms with E-state index in [4.69, 9.17) is 14.2 Å². The summed E-state index contributed by atoms with van der Waals surface area (Å²) in [6.45, 7) is 8.83. The van der Waals surface area contributed by atoms with Crippen LogP contribution in [0.15, 0.2) is 41.3 Å². The summed E-state index contributed by atoms with van der Waals surface area (Å²) in [5.74, 6) is 1.34. The van der Waals surface area contributed by atoms with Crippen molar-refractivity contribution in [2.45, 2.75) is 57.0 Å². The van der Waals surface area contributed by atoms with Crippen LogP contribution in [0.1, 0.15) is 52.1 Å². The van der Waals surface area contributed by atoms with Gasteiger partial charge in [0.25, 0.3) is 0 Å². The summed E-state index contributed by atoms with van der Waals surface area (Å²) in [6, 6.07) is 9.12. The lowest BCUT2D eigenvalue weighted by atomic mass is 10.0. The summed E-state index contributed by atoms with van der Waals surface area (Å²) >= 11 is 0. The van der Waals surface area contributed by atoms with Crippen molar-refractivity contribution < 1.29 is 27.4 Å². The fourth-order valence-corrected chi connectivity index (χ4v) is 6.01. The van der Waals surface area contributed by atoms with E-state index in [1.807, 2.05) is 20.8 Å². The van der Waals surface area contributed by atoms with Crippen LogP contribution < -0.4 is 24.8 Å². The molecule has 0 spiro atoms. The second-order valence-corrected chi connectivity index (χ2v) is 12.3. The molecule has 0 saturated carbocycles. The first-order chi connectivity index (χ1) is 17.4. The highest BCUT2D eigenvalue weighted by Crippen LogP contribution is 2.40. The number of nitrogens with zero attached hydrogens (tertiary/aromatic N) is 1. The molecule has 3 rings (SSSR count). The zero-order valence-corrected chi connectivity index (χ0v) is 23.6. The molecule has 37 heavy (non-hydrogen) atoms. The molecule has 204 valence electrons. The van der Waals surface area contributed by atoms with Crippen molar-refractivity contribution in [2.24, 2.45) is 5.92 Å². The molecule has 9 nitrogen and oxygen atoms in total. The highest BCUT2D eigenvalue weighted by atomic mass is 32.2. The molecule has 1 saturated heterocycles. The zero-order valence-electron chi connectivity index (χ0n) is 22.8. The van der Waals surface area contributed by atoms with Crippen molar-refractivity contribution in [3.8, 4) is 17.2 Å². The second kappa shape index (κ2) is 11.6. The minimum absolute atomic E-state index is 0.232. The van der Waals surface area contributed by atoms with Gasteiger partial charge in [-0.05, 0) is 81.5 Å². The first-order valence-corrected chi connectivity index (χ1v) is 13.8. The van der Waals surface area contributed by atoms with Gasteiger partial charge < -0.3 is 24.8 Å². The Hall–Kier alpha value is -2.98. The quantitative estimate of drug-likeness (QED) is 0.498. The predicted molar refractivity (Wildman–Crippen MR) is 144 cm³/mol. The number of rotatable bonds is 9. The Balaban J connectivity index is 1.94. The largest absolute Gasteiger partial charge is 0.493 e. The van der Waals surface area contributed by atoms with Gasteiger partial charge >= 0.3 is 0 Å². The van der Waals surface area contributed by atoms with E-state index in [0.29, 0.717) is 47.5 Å². The lowest BCUT2D eigenvalue weighted by molar-refractivity contribution is -0.123. The maximum atomic E-state index is 13.4. The van der Waals surface area contributed by atoms with Gasteiger partial charge in [0.1, 0.15) is 6.04 Å². The maximum absolute atomic E-state index is 13.4. The number of hydrogen-bond donors (Lipinski definition) is 2. The van der Waals surface area contributed by atoms with Crippen LogP contribution in [0.5, 0.6) is 17.2 Å². The van der Waals surface area contributed by atoms with Gasteiger partial charge in [0.15, 0.2) is 11.5 Å². The molecular weight excluding hydrogens is 494 g/mol. The first-order valence-electron chi connectivity index (χ1n) is 12.4. The molecule has 2 N–H and O–H groups in total. The number of sulfonamides is 1. The predicted octanol–water partition coefficient (Wildman–Crippen LogP) is 4.20. The molecule has 0 radical (unpaired) electrons. The lowest BCUT2D eigenvalue weighted by Crippen LogP contribution is -2.44. The van der Waals surface area contributed by atoms with Gasteiger partial charge in [0.05, 0.1) is 26.2 Å². The Bertz CT molecular complexity index is 1170. The van der Waals surface area contributed by atoms with Gasteiger partial charge in [-0.25, -0.2) is 8.42 Å². The van der Waals surface area contributed by atoms with E-state index in [9.17, 15) is 13.2 Å². The maximum Gasteiger partial charge on any atom is 0.247 e. The minimum Gasteiger partial charge on any atom is -0.493 e. The van der Waals surface area contributed by atoms with Gasteiger partial charge in [0, 0.05) is 24.3 Å². The highest BCUT2D eigenvalue weighted by molar-refractivity contribution is 7.89. The van der Waals surface area contributed by atoms with Crippen molar-refractivity contribution in [2.75, 3.05) is 39.7 Å². The summed E-state index contributed by atoms with van der Waals surface area (Å²) in [6.07, 6.45) is 1.90. The van der Waals surface area contributed by atoms with Crippen LogP contribution in [0.4, 0.5) is 5.69 Å². The normalized spacial score (nSPS) is 17.5. The van der Waals surface area contributed by atoms with Crippen LogP contribution in [-0.4, -0.2) is 58.6 Å². The summed E-state index contributed by atoms with van der Waals surface area (Å²) in [4.78, 5) is 13.6. The van der Waals surface area contributed by atoms with Crippen LogP contribution in [0, 0.1) is 5.92 Å². The molecule has 1 heterocycles. The Morgan fingerprint density at radius 2 is 1.62 bits per heavy atom. The van der Waals surface area contributed by atoms with Crippen molar-refractivity contribution in [3.63, 3.8) is 0 Å². The Labute approximate surface area is 220 Å². The van der Waals surface area contributed by atoms with Crippen molar-refractivity contribution in [1.29, 1.82) is 0 Å². The fraction of sp³-hybridized carbons (Fsp3) is 0.519. The van der Waals surface area contributed by atoms with Crippen LogP contribution >= 0.6 is 0 Å². The Morgan fingerprint density at radius 3 is 2.11 bits per heavy atom. The number of nitrogens with one attached hydrogen (secondary N) is 2. The van der Waals surface area contributed by atoms with Crippen LogP contribution in [0.25, 0.3) is 0 Å². The molecule has 0 bridgehead atoms. The molecule has 0 aliphatic carbocycles.